The molecule has 0 saturated heterocycles. The molecular formula is C22H20N4O3. The Morgan fingerprint density at radius 1 is 1.17 bits per heavy atom. The maximum atomic E-state index is 12.4. The molecular weight excluding hydrogens is 368 g/mol. The molecule has 29 heavy (non-hydrogen) atoms. The summed E-state index contributed by atoms with van der Waals surface area (Å²) >= 11 is 0. The summed E-state index contributed by atoms with van der Waals surface area (Å²) in [6.07, 6.45) is 5.73. The van der Waals surface area contributed by atoms with E-state index >= 15 is 0 Å². The van der Waals surface area contributed by atoms with Crippen LogP contribution in [-0.4, -0.2) is 30.0 Å². The van der Waals surface area contributed by atoms with Crippen molar-refractivity contribution in [3.63, 3.8) is 0 Å². The summed E-state index contributed by atoms with van der Waals surface area (Å²) in [6.45, 7) is 1.68. The average Bonchev–Trinajstić information content (AvgIpc) is 2.72. The van der Waals surface area contributed by atoms with E-state index in [1.54, 1.807) is 30.3 Å². The fraction of sp³-hybridized carbons (Fsp3) is 0.182. The molecule has 3 amide bonds. The lowest BCUT2D eigenvalue weighted by Crippen LogP contribution is -2.41. The second kappa shape index (κ2) is 8.85. The van der Waals surface area contributed by atoms with Crippen molar-refractivity contribution in [1.29, 1.82) is 0 Å². The third-order valence-corrected chi connectivity index (χ3v) is 4.26. The first-order valence-corrected chi connectivity index (χ1v) is 9.08. The van der Waals surface area contributed by atoms with E-state index in [2.05, 4.69) is 21.7 Å². The lowest BCUT2D eigenvalue weighted by Gasteiger charge is -2.23. The zero-order chi connectivity index (χ0) is 20.8. The van der Waals surface area contributed by atoms with E-state index in [4.69, 9.17) is 6.42 Å². The molecule has 7 heteroatoms. The second-order valence-corrected chi connectivity index (χ2v) is 6.55. The van der Waals surface area contributed by atoms with Gasteiger partial charge in [0.2, 0.25) is 11.8 Å². The average molecular weight is 388 g/mol. The van der Waals surface area contributed by atoms with Gasteiger partial charge in [0.15, 0.2) is 0 Å². The third kappa shape index (κ3) is 5.08. The molecule has 0 fully saturated rings. The fourth-order valence-corrected chi connectivity index (χ4v) is 2.83. The summed E-state index contributed by atoms with van der Waals surface area (Å²) < 4.78 is 0. The lowest BCUT2D eigenvalue weighted by atomic mass is 10.1. The van der Waals surface area contributed by atoms with Crippen LogP contribution in [0.3, 0.4) is 0 Å². The number of anilines is 2. The van der Waals surface area contributed by atoms with Gasteiger partial charge < -0.3 is 10.6 Å². The molecule has 0 aliphatic carbocycles. The number of terminal acetylenes is 1. The summed E-state index contributed by atoms with van der Waals surface area (Å²) in [6, 6.07) is 14.2. The van der Waals surface area contributed by atoms with E-state index in [1.165, 1.54) is 5.01 Å². The molecule has 2 N–H and O–H groups in total. The van der Waals surface area contributed by atoms with Gasteiger partial charge in [-0.2, -0.15) is 5.10 Å². The van der Waals surface area contributed by atoms with Crippen molar-refractivity contribution in [2.75, 3.05) is 16.9 Å². The Morgan fingerprint density at radius 2 is 1.97 bits per heavy atom. The fourth-order valence-electron chi connectivity index (χ4n) is 2.83. The molecule has 0 aromatic heterocycles. The van der Waals surface area contributed by atoms with Crippen LogP contribution in [0.4, 0.5) is 11.4 Å². The summed E-state index contributed by atoms with van der Waals surface area (Å²) in [7, 11) is 0. The first-order valence-electron chi connectivity index (χ1n) is 9.08. The largest absolute Gasteiger partial charge is 0.342 e. The molecule has 0 saturated carbocycles. The van der Waals surface area contributed by atoms with Crippen molar-refractivity contribution in [3.8, 4) is 12.3 Å². The molecule has 2 aromatic carbocycles. The number of rotatable bonds is 5. The zero-order valence-corrected chi connectivity index (χ0v) is 15.9. The first kappa shape index (κ1) is 19.8. The number of benzene rings is 2. The van der Waals surface area contributed by atoms with E-state index < -0.39 is 11.8 Å². The predicted molar refractivity (Wildman–Crippen MR) is 111 cm³/mol. The highest BCUT2D eigenvalue weighted by atomic mass is 16.2. The third-order valence-electron chi connectivity index (χ3n) is 4.26. The Morgan fingerprint density at radius 3 is 2.72 bits per heavy atom. The Kier molecular flexibility index (Phi) is 6.05. The quantitative estimate of drug-likeness (QED) is 0.770. The number of hydrogen-bond donors (Lipinski definition) is 2. The molecule has 7 nitrogen and oxygen atoms in total. The van der Waals surface area contributed by atoms with Gasteiger partial charge in [0.25, 0.3) is 5.91 Å². The standard InChI is InChI=1S/C22H20N4O3/c1-3-16-7-5-8-17(13-16)24-20(27)14-23-22(29)19-10-11-21(28)26(25-19)18-9-4-6-15(2)12-18/h1,4-9,12-13H,10-11,14H2,2H3,(H,23,29)(H,24,27). The van der Waals surface area contributed by atoms with E-state index in [0.29, 0.717) is 16.9 Å². The van der Waals surface area contributed by atoms with Crippen LogP contribution in [0.5, 0.6) is 0 Å². The van der Waals surface area contributed by atoms with Crippen molar-refractivity contribution in [2.45, 2.75) is 19.8 Å². The smallest absolute Gasteiger partial charge is 0.267 e. The SMILES string of the molecule is C#Cc1cccc(NC(=O)CNC(=O)C2=NN(c3cccc(C)c3)C(=O)CC2)c1. The Bertz CT molecular complexity index is 1040. The van der Waals surface area contributed by atoms with E-state index in [0.717, 1.165) is 5.56 Å². The van der Waals surface area contributed by atoms with Gasteiger partial charge in [0.1, 0.15) is 5.71 Å². The molecule has 3 rings (SSSR count). The number of carbonyl (C=O) groups is 3. The van der Waals surface area contributed by atoms with Crippen LogP contribution in [0, 0.1) is 19.3 Å². The molecule has 1 aliphatic heterocycles. The van der Waals surface area contributed by atoms with Crippen LogP contribution in [-0.2, 0) is 14.4 Å². The number of amides is 3. The molecule has 2 aromatic rings. The monoisotopic (exact) mass is 388 g/mol. The molecule has 0 spiro atoms. The van der Waals surface area contributed by atoms with Crippen molar-refractivity contribution in [1.82, 2.24) is 5.32 Å². The van der Waals surface area contributed by atoms with Crippen LogP contribution in [0.1, 0.15) is 24.0 Å². The molecule has 0 atom stereocenters. The highest BCUT2D eigenvalue weighted by Gasteiger charge is 2.25. The molecule has 0 radical (unpaired) electrons. The van der Waals surface area contributed by atoms with Crippen LogP contribution < -0.4 is 15.6 Å². The van der Waals surface area contributed by atoms with Crippen LogP contribution in [0.2, 0.25) is 0 Å². The number of hydrazone groups is 1. The lowest BCUT2D eigenvalue weighted by molar-refractivity contribution is -0.120. The van der Waals surface area contributed by atoms with Crippen LogP contribution in [0.25, 0.3) is 0 Å². The summed E-state index contributed by atoms with van der Waals surface area (Å²) in [5, 5.41) is 10.6. The molecule has 0 bridgehead atoms. The van der Waals surface area contributed by atoms with E-state index in [1.807, 2.05) is 25.1 Å². The Hall–Kier alpha value is -3.92. The highest BCUT2D eigenvalue weighted by molar-refractivity contribution is 6.40. The van der Waals surface area contributed by atoms with Crippen LogP contribution in [0.15, 0.2) is 53.6 Å². The molecule has 0 unspecified atom stereocenters. The van der Waals surface area contributed by atoms with Gasteiger partial charge in [0, 0.05) is 24.1 Å². The number of nitrogens with one attached hydrogen (secondary N) is 2. The van der Waals surface area contributed by atoms with Crippen molar-refractivity contribution in [3.05, 3.63) is 59.7 Å². The van der Waals surface area contributed by atoms with Crippen LogP contribution >= 0.6 is 0 Å². The van der Waals surface area contributed by atoms with Crippen molar-refractivity contribution in [2.24, 2.45) is 5.10 Å². The number of aryl methyl sites for hydroxylation is 1. The minimum Gasteiger partial charge on any atom is -0.342 e. The number of nitrogens with zero attached hydrogens (tertiary/aromatic N) is 2. The maximum Gasteiger partial charge on any atom is 0.267 e. The van der Waals surface area contributed by atoms with Gasteiger partial charge in [0.05, 0.1) is 12.2 Å². The summed E-state index contributed by atoms with van der Waals surface area (Å²) in [5.41, 5.74) is 2.97. The van der Waals surface area contributed by atoms with Gasteiger partial charge in [-0.1, -0.05) is 24.1 Å². The van der Waals surface area contributed by atoms with Gasteiger partial charge >= 0.3 is 0 Å². The van der Waals surface area contributed by atoms with Gasteiger partial charge in [-0.15, -0.1) is 6.42 Å². The zero-order valence-electron chi connectivity index (χ0n) is 15.9. The second-order valence-electron chi connectivity index (χ2n) is 6.55. The predicted octanol–water partition coefficient (Wildman–Crippen LogP) is 2.21. The first-order chi connectivity index (χ1) is 14.0. The molecule has 1 aliphatic rings. The van der Waals surface area contributed by atoms with E-state index in [9.17, 15) is 14.4 Å². The summed E-state index contributed by atoms with van der Waals surface area (Å²) in [4.78, 5) is 36.7. The minimum absolute atomic E-state index is 0.172. The van der Waals surface area contributed by atoms with Crippen molar-refractivity contribution >= 4 is 34.8 Å². The van der Waals surface area contributed by atoms with Gasteiger partial charge in [-0.3, -0.25) is 14.4 Å². The number of hydrogen-bond acceptors (Lipinski definition) is 4. The minimum atomic E-state index is -0.484. The topological polar surface area (TPSA) is 90.9 Å². The summed E-state index contributed by atoms with van der Waals surface area (Å²) in [5.74, 6) is 1.43. The van der Waals surface area contributed by atoms with E-state index in [-0.39, 0.29) is 31.0 Å². The van der Waals surface area contributed by atoms with Gasteiger partial charge in [-0.25, -0.2) is 5.01 Å². The normalized spacial score (nSPS) is 13.3. The maximum absolute atomic E-state index is 12.4. The van der Waals surface area contributed by atoms with Gasteiger partial charge in [-0.05, 0) is 42.8 Å². The Labute approximate surface area is 168 Å². The molecule has 1 heterocycles. The number of carbonyl (C=O) groups excluding carboxylic acids is 3. The van der Waals surface area contributed by atoms with Crippen molar-refractivity contribution < 1.29 is 14.4 Å². The Balaban J connectivity index is 1.62. The molecule has 146 valence electrons. The highest BCUT2D eigenvalue weighted by Crippen LogP contribution is 2.21.